The zero-order valence-electron chi connectivity index (χ0n) is 3.80. The van der Waals surface area contributed by atoms with E-state index in [-0.39, 0.29) is 33.1 Å². The molecule has 0 saturated heterocycles. The van der Waals surface area contributed by atoms with Gasteiger partial charge in [-0.2, -0.15) is 13.5 Å². The normalized spacial score (nSPS) is 1.14. The lowest BCUT2D eigenvalue weighted by Crippen LogP contribution is -1.11. The topological polar surface area (TPSA) is 28.1 Å². The first-order valence-corrected chi connectivity index (χ1v) is 0.647. The van der Waals surface area contributed by atoms with Crippen molar-refractivity contribution in [3.8, 4) is 0 Å². The van der Waals surface area contributed by atoms with Gasteiger partial charge >= 0.3 is 0 Å². The third kappa shape index (κ3) is 867. The van der Waals surface area contributed by atoms with Crippen LogP contribution in [0.5, 0.6) is 0 Å². The molecule has 0 atom stereocenters. The molecule has 48 valence electrons. The van der Waals surface area contributed by atoms with Crippen LogP contribution >= 0.6 is 13.5 Å². The molecular formula is C3H13FN2S. The van der Waals surface area contributed by atoms with Gasteiger partial charge in [-0.1, -0.05) is 7.43 Å². The van der Waals surface area contributed by atoms with Crippen LogP contribution < -0.4 is 0 Å². The lowest BCUT2D eigenvalue weighted by atomic mass is 11.6. The van der Waals surface area contributed by atoms with E-state index in [9.17, 15) is 0 Å². The van der Waals surface area contributed by atoms with E-state index in [1.165, 1.54) is 7.05 Å². The van der Waals surface area contributed by atoms with Crippen LogP contribution in [0.1, 0.15) is 7.43 Å². The molecule has 2 nitrogen and oxygen atoms in total. The summed E-state index contributed by atoms with van der Waals surface area (Å²) in [5, 5.41) is 7.19. The van der Waals surface area contributed by atoms with Crippen LogP contribution in [-0.4, -0.2) is 7.05 Å². The van der Waals surface area contributed by atoms with Crippen molar-refractivity contribution < 1.29 is 4.70 Å². The maximum absolute atomic E-state index is 7.19. The molecule has 0 rings (SSSR count). The first kappa shape index (κ1) is 75.3. The number of rotatable bonds is 0. The summed E-state index contributed by atoms with van der Waals surface area (Å²) in [4.78, 5) is 2.50. The van der Waals surface area contributed by atoms with Crippen molar-refractivity contribution in [2.24, 2.45) is 0 Å². The number of hydrogen-bond acceptors (Lipinski definition) is 1. The highest BCUT2D eigenvalue weighted by molar-refractivity contribution is 7.59. The molecule has 0 fully saturated rings. The van der Waals surface area contributed by atoms with E-state index in [1.807, 2.05) is 0 Å². The van der Waals surface area contributed by atoms with Gasteiger partial charge in [0.15, 0.2) is 0 Å². The fourth-order valence-electron chi connectivity index (χ4n) is 0. The zero-order valence-corrected chi connectivity index (χ0v) is 4.80. The van der Waals surface area contributed by atoms with Gasteiger partial charge < -0.3 is 7.43 Å². The molecule has 0 aliphatic carbocycles. The predicted molar refractivity (Wildman–Crippen MR) is 37.0 cm³/mol. The van der Waals surface area contributed by atoms with Gasteiger partial charge in [-0.3, -0.25) is 4.70 Å². The summed E-state index contributed by atoms with van der Waals surface area (Å²) in [7, 11) is 1.31. The van der Waals surface area contributed by atoms with Crippen LogP contribution in [0, 0.1) is 12.8 Å². The molecule has 7 heavy (non-hydrogen) atoms. The third-order valence-electron chi connectivity index (χ3n) is 0. The summed E-state index contributed by atoms with van der Waals surface area (Å²) in [6.45, 7) is 0. The van der Waals surface area contributed by atoms with Gasteiger partial charge in [-0.05, 0) is 0 Å². The van der Waals surface area contributed by atoms with Crippen LogP contribution in [0.25, 0.3) is 4.98 Å². The average molecular weight is 128 g/mol. The van der Waals surface area contributed by atoms with E-state index < -0.39 is 0 Å². The summed E-state index contributed by atoms with van der Waals surface area (Å²) < 4.78 is 0. The van der Waals surface area contributed by atoms with E-state index in [0.717, 1.165) is 0 Å². The van der Waals surface area contributed by atoms with Gasteiger partial charge in [0.05, 0.1) is 0 Å². The highest BCUT2D eigenvalue weighted by Gasteiger charge is 1.35. The van der Waals surface area contributed by atoms with Gasteiger partial charge in [-0.25, -0.2) is 0 Å². The van der Waals surface area contributed by atoms with E-state index in [2.05, 4.69) is 4.98 Å². The maximum Gasteiger partial charge on any atom is 0.296 e. The van der Waals surface area contributed by atoms with E-state index in [0.29, 0.717) is 0 Å². The minimum Gasteiger partial charge on any atom is -0.358 e. The first-order chi connectivity index (χ1) is 1.41. The third-order valence-corrected chi connectivity index (χ3v) is 0. The van der Waals surface area contributed by atoms with Crippen molar-refractivity contribution >= 4 is 13.5 Å². The van der Waals surface area contributed by atoms with Crippen molar-refractivity contribution in [3.63, 3.8) is 0 Å². The van der Waals surface area contributed by atoms with Gasteiger partial charge in [0, 0.05) is 0 Å². The second kappa shape index (κ2) is 257. The predicted octanol–water partition coefficient (Wildman–Crippen LogP) is 1.82. The van der Waals surface area contributed by atoms with E-state index >= 15 is 0 Å². The van der Waals surface area contributed by atoms with Crippen LogP contribution in [0.4, 0.5) is 4.70 Å². The summed E-state index contributed by atoms with van der Waals surface area (Å²) in [5.74, 6) is 0. The second-order valence-electron chi connectivity index (χ2n) is 0.200. The molecule has 0 saturated carbocycles. The maximum atomic E-state index is 7.19. The molecular weight excluding hydrogens is 115 g/mol. The van der Waals surface area contributed by atoms with Gasteiger partial charge in [-0.15, -0.1) is 0 Å². The largest absolute Gasteiger partial charge is 0.358 e. The Morgan fingerprint density at radius 1 is 1.43 bits per heavy atom. The molecule has 0 aromatic rings. The zero-order chi connectivity index (χ0) is 2.71. The van der Waals surface area contributed by atoms with Crippen molar-refractivity contribution in [2.45, 2.75) is 7.43 Å². The summed E-state index contributed by atoms with van der Waals surface area (Å²) in [6, 6.07) is 0. The summed E-state index contributed by atoms with van der Waals surface area (Å²) in [5.41, 5.74) is 0. The fourth-order valence-corrected chi connectivity index (χ4v) is 0. The molecule has 0 aromatic carbocycles. The lowest BCUT2D eigenvalue weighted by Gasteiger charge is -0.963. The Morgan fingerprint density at radius 3 is 1.43 bits per heavy atom. The molecule has 0 bridgehead atoms. The molecule has 0 radical (unpaired) electrons. The van der Waals surface area contributed by atoms with Crippen LogP contribution in [0.15, 0.2) is 0 Å². The summed E-state index contributed by atoms with van der Waals surface area (Å²) >= 11 is 0. The molecule has 4 heteroatoms. The van der Waals surface area contributed by atoms with Crippen molar-refractivity contribution in [1.82, 2.24) is 0 Å². The van der Waals surface area contributed by atoms with Gasteiger partial charge in [0.25, 0.3) is 7.05 Å². The first-order valence-electron chi connectivity index (χ1n) is 0.647. The number of halogens is 1. The number of diazo groups is 1. The van der Waals surface area contributed by atoms with Crippen LogP contribution in [0.3, 0.4) is 0 Å². The van der Waals surface area contributed by atoms with E-state index in [4.69, 9.17) is 5.39 Å². The monoisotopic (exact) mass is 128 g/mol. The minimum absolute atomic E-state index is 0. The van der Waals surface area contributed by atoms with Crippen LogP contribution in [-0.2, 0) is 0 Å². The molecule has 0 spiro atoms. The standard InChI is InChI=1S/CH3N2.CH4.CH3.FH.H2S/c1-3-2;;;;/h1H3;1H4;1H3;1H;1H2/q+1;;-1;;. The Balaban J connectivity index is -0.00000000333. The summed E-state index contributed by atoms with van der Waals surface area (Å²) in [6.07, 6.45) is 0. The van der Waals surface area contributed by atoms with Gasteiger partial charge in [0.2, 0.25) is 5.39 Å². The van der Waals surface area contributed by atoms with E-state index in [1.54, 1.807) is 0 Å². The molecule has 0 aliphatic rings. The highest BCUT2D eigenvalue weighted by Crippen LogP contribution is 1.25. The molecule has 0 aliphatic heterocycles. The molecule has 0 amide bonds. The minimum atomic E-state index is 0. The Morgan fingerprint density at radius 2 is 1.43 bits per heavy atom. The van der Waals surface area contributed by atoms with Crippen molar-refractivity contribution in [1.29, 1.82) is 5.39 Å². The molecule has 0 heterocycles. The number of nitrogens with zero attached hydrogens (tertiary/aromatic N) is 2. The average Bonchev–Trinajstić information content (AvgIpc) is 0.918. The highest BCUT2D eigenvalue weighted by atomic mass is 32.1. The molecule has 0 aromatic heterocycles. The fraction of sp³-hybridized carbons (Fsp3) is 0.667. The Hall–Kier alpha value is -0.300. The van der Waals surface area contributed by atoms with Crippen molar-refractivity contribution in [3.05, 3.63) is 12.4 Å². The SMILES string of the molecule is C.C[N+]#N.F.S.[CH3-]. The second-order valence-corrected chi connectivity index (χ2v) is 0.200. The van der Waals surface area contributed by atoms with Gasteiger partial charge in [0.1, 0.15) is 4.98 Å². The van der Waals surface area contributed by atoms with Crippen molar-refractivity contribution in [2.75, 3.05) is 7.05 Å². The Kier molecular flexibility index (Phi) is 2770. The Bertz CT molecular complexity index is 34.4. The van der Waals surface area contributed by atoms with Crippen LogP contribution in [0.2, 0.25) is 0 Å². The number of hydrogen-bond donors (Lipinski definition) is 0. The molecule has 0 unspecified atom stereocenters. The Labute approximate surface area is 51.4 Å². The lowest BCUT2D eigenvalue weighted by molar-refractivity contribution is 1.11. The molecule has 0 N–H and O–H groups in total. The smallest absolute Gasteiger partial charge is 0.296 e. The quantitative estimate of drug-likeness (QED) is 0.361.